The quantitative estimate of drug-likeness (QED) is 0.298. The summed E-state index contributed by atoms with van der Waals surface area (Å²) >= 11 is 12.0. The summed E-state index contributed by atoms with van der Waals surface area (Å²) in [6.45, 7) is 0. The van der Waals surface area contributed by atoms with Gasteiger partial charge >= 0.3 is 0 Å². The minimum absolute atomic E-state index is 0.143. The first-order chi connectivity index (χ1) is 15.3. The second-order valence-corrected chi connectivity index (χ2v) is 7.86. The van der Waals surface area contributed by atoms with Gasteiger partial charge in [-0.25, -0.2) is 4.39 Å². The van der Waals surface area contributed by atoms with Gasteiger partial charge in [-0.1, -0.05) is 35.3 Å². The summed E-state index contributed by atoms with van der Waals surface area (Å²) < 4.78 is 18.7. The zero-order chi connectivity index (χ0) is 23.0. The summed E-state index contributed by atoms with van der Waals surface area (Å²) in [6.07, 6.45) is 0. The van der Waals surface area contributed by atoms with E-state index >= 15 is 0 Å². The molecule has 1 aliphatic heterocycles. The van der Waals surface area contributed by atoms with Crippen LogP contribution >= 0.6 is 23.2 Å². The Labute approximate surface area is 193 Å². The van der Waals surface area contributed by atoms with Crippen molar-refractivity contribution in [1.29, 1.82) is 0 Å². The number of hydrogen-bond donors (Lipinski definition) is 1. The van der Waals surface area contributed by atoms with E-state index in [0.717, 1.165) is 0 Å². The van der Waals surface area contributed by atoms with Crippen molar-refractivity contribution in [3.05, 3.63) is 99.3 Å². The lowest BCUT2D eigenvalue weighted by atomic mass is 9.95. The third-order valence-corrected chi connectivity index (χ3v) is 5.91. The van der Waals surface area contributed by atoms with E-state index in [0.29, 0.717) is 17.0 Å². The number of ketones is 1. The van der Waals surface area contributed by atoms with Crippen LogP contribution < -0.4 is 9.64 Å². The molecule has 0 spiro atoms. The Bertz CT molecular complexity index is 1240. The standard InChI is InChI=1S/C24H16Cl2FNO4/c1-32-17-9-7-16(8-10-17)28-21(13-2-5-15(27)6-3-13)20(23(30)24(28)31)22(29)14-4-11-18(25)19(26)12-14/h2-12,21,29H,1H3/b22-20-. The van der Waals surface area contributed by atoms with Gasteiger partial charge in [-0.05, 0) is 60.2 Å². The normalized spacial score (nSPS) is 17.6. The number of hydrogen-bond acceptors (Lipinski definition) is 4. The third kappa shape index (κ3) is 3.83. The first-order valence-corrected chi connectivity index (χ1v) is 10.2. The molecule has 0 bridgehead atoms. The zero-order valence-corrected chi connectivity index (χ0v) is 18.2. The van der Waals surface area contributed by atoms with Crippen LogP contribution in [0.5, 0.6) is 5.75 Å². The largest absolute Gasteiger partial charge is 0.507 e. The Morgan fingerprint density at radius 2 is 1.62 bits per heavy atom. The molecule has 32 heavy (non-hydrogen) atoms. The lowest BCUT2D eigenvalue weighted by Crippen LogP contribution is -2.29. The van der Waals surface area contributed by atoms with Gasteiger partial charge in [0.05, 0.1) is 28.8 Å². The molecule has 162 valence electrons. The molecule has 5 nitrogen and oxygen atoms in total. The number of carbonyl (C=O) groups is 2. The molecule has 1 heterocycles. The van der Waals surface area contributed by atoms with Crippen LogP contribution in [0.1, 0.15) is 17.2 Å². The molecule has 1 saturated heterocycles. The van der Waals surface area contributed by atoms with E-state index in [1.54, 1.807) is 24.3 Å². The molecule has 0 aliphatic carbocycles. The molecular formula is C24H16Cl2FNO4. The van der Waals surface area contributed by atoms with Gasteiger partial charge in [0.15, 0.2) is 0 Å². The van der Waals surface area contributed by atoms with E-state index in [1.165, 1.54) is 54.5 Å². The molecule has 1 atom stereocenters. The van der Waals surface area contributed by atoms with Gasteiger partial charge in [-0.2, -0.15) is 0 Å². The Kier molecular flexibility index (Phi) is 5.91. The molecule has 0 radical (unpaired) electrons. The lowest BCUT2D eigenvalue weighted by molar-refractivity contribution is -0.132. The number of nitrogens with zero attached hydrogens (tertiary/aromatic N) is 1. The molecule has 1 fully saturated rings. The highest BCUT2D eigenvalue weighted by Crippen LogP contribution is 2.42. The maximum atomic E-state index is 13.6. The van der Waals surface area contributed by atoms with Crippen molar-refractivity contribution in [3.8, 4) is 5.75 Å². The van der Waals surface area contributed by atoms with Crippen LogP contribution in [0.4, 0.5) is 10.1 Å². The van der Waals surface area contributed by atoms with E-state index in [9.17, 15) is 19.1 Å². The first kappa shape index (κ1) is 21.9. The summed E-state index contributed by atoms with van der Waals surface area (Å²) in [5.74, 6) is -2.02. The van der Waals surface area contributed by atoms with Gasteiger partial charge in [-0.15, -0.1) is 0 Å². The number of amides is 1. The van der Waals surface area contributed by atoms with E-state index in [2.05, 4.69) is 0 Å². The van der Waals surface area contributed by atoms with Gasteiger partial charge in [0.1, 0.15) is 17.3 Å². The molecule has 1 aliphatic rings. The summed E-state index contributed by atoms with van der Waals surface area (Å²) in [5, 5.41) is 11.5. The molecule has 0 aromatic heterocycles. The number of Topliss-reactive ketones (excluding diaryl/α,β-unsaturated/α-hetero) is 1. The highest BCUT2D eigenvalue weighted by atomic mass is 35.5. The second kappa shape index (κ2) is 8.65. The third-order valence-electron chi connectivity index (χ3n) is 5.17. The van der Waals surface area contributed by atoms with Gasteiger partial charge in [0.25, 0.3) is 11.7 Å². The molecule has 3 aromatic carbocycles. The molecular weight excluding hydrogens is 456 g/mol. The average Bonchev–Trinajstić information content (AvgIpc) is 3.06. The van der Waals surface area contributed by atoms with Crippen LogP contribution in [-0.2, 0) is 9.59 Å². The van der Waals surface area contributed by atoms with Gasteiger partial charge in [0, 0.05) is 11.3 Å². The van der Waals surface area contributed by atoms with E-state index in [-0.39, 0.29) is 21.2 Å². The van der Waals surface area contributed by atoms with E-state index < -0.39 is 29.3 Å². The molecule has 1 unspecified atom stereocenters. The van der Waals surface area contributed by atoms with Crippen LogP contribution in [0, 0.1) is 5.82 Å². The fraction of sp³-hybridized carbons (Fsp3) is 0.0833. The summed E-state index contributed by atoms with van der Waals surface area (Å²) in [4.78, 5) is 27.4. The van der Waals surface area contributed by atoms with Crippen LogP contribution in [0.25, 0.3) is 5.76 Å². The van der Waals surface area contributed by atoms with Gasteiger partial charge < -0.3 is 9.84 Å². The van der Waals surface area contributed by atoms with Crippen molar-refractivity contribution >= 4 is 46.3 Å². The summed E-state index contributed by atoms with van der Waals surface area (Å²) in [5.41, 5.74) is 0.938. The predicted octanol–water partition coefficient (Wildman–Crippen LogP) is 5.77. The molecule has 0 saturated carbocycles. The summed E-state index contributed by atoms with van der Waals surface area (Å²) in [6, 6.07) is 15.3. The maximum Gasteiger partial charge on any atom is 0.300 e. The number of carbonyl (C=O) groups excluding carboxylic acids is 2. The SMILES string of the molecule is COc1ccc(N2C(=O)C(=O)/C(=C(\O)c3ccc(Cl)c(Cl)c3)C2c2ccc(F)cc2)cc1. The van der Waals surface area contributed by atoms with Crippen molar-refractivity contribution in [1.82, 2.24) is 0 Å². The fourth-order valence-corrected chi connectivity index (χ4v) is 3.90. The average molecular weight is 472 g/mol. The lowest BCUT2D eigenvalue weighted by Gasteiger charge is -2.25. The topological polar surface area (TPSA) is 66.8 Å². The number of anilines is 1. The molecule has 1 N–H and O–H groups in total. The van der Waals surface area contributed by atoms with Crippen molar-refractivity contribution in [2.24, 2.45) is 0 Å². The van der Waals surface area contributed by atoms with Gasteiger partial charge in [-0.3, -0.25) is 14.5 Å². The Hall–Kier alpha value is -3.35. The molecule has 1 amide bonds. The van der Waals surface area contributed by atoms with E-state index in [4.69, 9.17) is 27.9 Å². The Balaban J connectivity index is 1.92. The minimum atomic E-state index is -0.988. The van der Waals surface area contributed by atoms with Gasteiger partial charge in [0.2, 0.25) is 0 Å². The van der Waals surface area contributed by atoms with Crippen molar-refractivity contribution < 1.29 is 23.8 Å². The number of rotatable bonds is 4. The number of aliphatic hydroxyl groups is 1. The van der Waals surface area contributed by atoms with Crippen molar-refractivity contribution in [2.45, 2.75) is 6.04 Å². The Morgan fingerprint density at radius 3 is 2.22 bits per heavy atom. The van der Waals surface area contributed by atoms with Crippen molar-refractivity contribution in [2.75, 3.05) is 12.0 Å². The minimum Gasteiger partial charge on any atom is -0.507 e. The molecule has 3 aromatic rings. The fourth-order valence-electron chi connectivity index (χ4n) is 3.60. The number of aliphatic hydroxyl groups excluding tert-OH is 1. The zero-order valence-electron chi connectivity index (χ0n) is 16.7. The second-order valence-electron chi connectivity index (χ2n) is 7.05. The summed E-state index contributed by atoms with van der Waals surface area (Å²) in [7, 11) is 1.51. The van der Waals surface area contributed by atoms with Crippen LogP contribution in [-0.4, -0.2) is 23.9 Å². The first-order valence-electron chi connectivity index (χ1n) is 9.47. The highest BCUT2D eigenvalue weighted by Gasteiger charge is 2.47. The Morgan fingerprint density at radius 1 is 0.969 bits per heavy atom. The smallest absolute Gasteiger partial charge is 0.300 e. The number of benzene rings is 3. The molecule has 8 heteroatoms. The van der Waals surface area contributed by atoms with Crippen molar-refractivity contribution in [3.63, 3.8) is 0 Å². The van der Waals surface area contributed by atoms with Crippen LogP contribution in [0.3, 0.4) is 0 Å². The van der Waals surface area contributed by atoms with Crippen LogP contribution in [0.15, 0.2) is 72.3 Å². The number of halogens is 3. The monoisotopic (exact) mass is 471 g/mol. The molecule has 4 rings (SSSR count). The predicted molar refractivity (Wildman–Crippen MR) is 121 cm³/mol. The van der Waals surface area contributed by atoms with Crippen LogP contribution in [0.2, 0.25) is 10.0 Å². The number of methoxy groups -OCH3 is 1. The number of ether oxygens (including phenoxy) is 1. The highest BCUT2D eigenvalue weighted by molar-refractivity contribution is 6.51. The maximum absolute atomic E-state index is 13.6. The van der Waals surface area contributed by atoms with E-state index in [1.807, 2.05) is 0 Å².